The summed E-state index contributed by atoms with van der Waals surface area (Å²) >= 11 is 6.06. The van der Waals surface area contributed by atoms with Gasteiger partial charge in [0.2, 0.25) is 12.3 Å². The Morgan fingerprint density at radius 1 is 1.55 bits per heavy atom. The van der Waals surface area contributed by atoms with Gasteiger partial charge in [-0.15, -0.1) is 0 Å². The van der Waals surface area contributed by atoms with E-state index in [9.17, 15) is 9.59 Å². The zero-order chi connectivity index (χ0) is 14.1. The molecule has 1 aromatic heterocycles. The summed E-state index contributed by atoms with van der Waals surface area (Å²) in [5.74, 6) is -0.108. The number of fused-ring (bicyclic) bond motifs is 1. The van der Waals surface area contributed by atoms with Gasteiger partial charge in [-0.1, -0.05) is 17.7 Å². The summed E-state index contributed by atoms with van der Waals surface area (Å²) in [4.78, 5) is 27.1. The van der Waals surface area contributed by atoms with Gasteiger partial charge in [-0.2, -0.15) is 0 Å². The predicted molar refractivity (Wildman–Crippen MR) is 76.3 cm³/mol. The fourth-order valence-electron chi connectivity index (χ4n) is 2.37. The summed E-state index contributed by atoms with van der Waals surface area (Å²) in [6, 6.07) is 5.51. The summed E-state index contributed by atoms with van der Waals surface area (Å²) in [6.07, 6.45) is 3.19. The van der Waals surface area contributed by atoms with Crippen molar-refractivity contribution in [2.75, 3.05) is 6.54 Å². The van der Waals surface area contributed by atoms with Crippen molar-refractivity contribution in [2.45, 2.75) is 19.0 Å². The number of hydrogen-bond acceptors (Lipinski definition) is 2. The number of aromatic nitrogens is 1. The number of aromatic amines is 1. The molecule has 1 aliphatic rings. The molecule has 2 amide bonds. The van der Waals surface area contributed by atoms with Crippen molar-refractivity contribution < 1.29 is 9.59 Å². The third-order valence-corrected chi connectivity index (χ3v) is 3.97. The minimum Gasteiger partial charge on any atom is -0.360 e. The molecule has 1 fully saturated rings. The number of H-pyrrole nitrogens is 1. The van der Waals surface area contributed by atoms with Gasteiger partial charge in [-0.3, -0.25) is 9.59 Å². The van der Waals surface area contributed by atoms with E-state index in [1.165, 1.54) is 4.90 Å². The molecule has 1 atom stereocenters. The van der Waals surface area contributed by atoms with Crippen LogP contribution in [-0.2, 0) is 16.1 Å². The maximum Gasteiger partial charge on any atom is 0.243 e. The number of nitrogens with zero attached hydrogens (tertiary/aromatic N) is 1. The highest BCUT2D eigenvalue weighted by Crippen LogP contribution is 2.24. The second kappa shape index (κ2) is 5.17. The average molecular weight is 292 g/mol. The molecule has 2 heterocycles. The Bertz CT molecular complexity index is 667. The maximum atomic E-state index is 11.9. The summed E-state index contributed by atoms with van der Waals surface area (Å²) in [7, 11) is 0. The lowest BCUT2D eigenvalue weighted by Crippen LogP contribution is -2.55. The molecule has 2 N–H and O–H groups in total. The molecule has 0 radical (unpaired) electrons. The summed E-state index contributed by atoms with van der Waals surface area (Å²) in [6.45, 7) is 1.09. The second-order valence-electron chi connectivity index (χ2n) is 4.88. The van der Waals surface area contributed by atoms with Crippen LogP contribution in [0.5, 0.6) is 0 Å². The number of benzene rings is 1. The van der Waals surface area contributed by atoms with Gasteiger partial charge in [0.05, 0.1) is 5.02 Å². The van der Waals surface area contributed by atoms with Crippen LogP contribution in [-0.4, -0.2) is 34.8 Å². The van der Waals surface area contributed by atoms with Gasteiger partial charge in [-0.25, -0.2) is 0 Å². The molecule has 1 saturated heterocycles. The van der Waals surface area contributed by atoms with Crippen LogP contribution in [0.25, 0.3) is 10.9 Å². The van der Waals surface area contributed by atoms with Crippen LogP contribution in [0.2, 0.25) is 5.02 Å². The first kappa shape index (κ1) is 13.0. The molecule has 104 valence electrons. The molecule has 0 aliphatic carbocycles. The van der Waals surface area contributed by atoms with E-state index in [2.05, 4.69) is 10.3 Å². The molecule has 20 heavy (non-hydrogen) atoms. The van der Waals surface area contributed by atoms with Crippen LogP contribution in [0.1, 0.15) is 12.0 Å². The third kappa shape index (κ3) is 2.25. The zero-order valence-corrected chi connectivity index (χ0v) is 11.5. The molecule has 0 bridgehead atoms. The minimum absolute atomic E-state index is 0.108. The lowest BCUT2D eigenvalue weighted by Gasteiger charge is -2.36. The van der Waals surface area contributed by atoms with Gasteiger partial charge in [-0.05, 0) is 24.1 Å². The number of hydrogen-bond donors (Lipinski definition) is 2. The lowest BCUT2D eigenvalue weighted by molar-refractivity contribution is -0.139. The van der Waals surface area contributed by atoms with Gasteiger partial charge in [0, 0.05) is 30.2 Å². The Kier molecular flexibility index (Phi) is 3.36. The number of nitrogens with one attached hydrogen (secondary N) is 2. The number of carbonyl (C=O) groups excluding carboxylic acids is 2. The number of likely N-dealkylation sites (tertiary alicyclic amines) is 1. The normalized spacial score (nSPS) is 17.9. The first-order valence-corrected chi connectivity index (χ1v) is 6.81. The van der Waals surface area contributed by atoms with E-state index in [1.807, 2.05) is 18.2 Å². The Balaban J connectivity index is 1.66. The quantitative estimate of drug-likeness (QED) is 0.842. The molecule has 0 unspecified atom stereocenters. The number of rotatable bonds is 4. The molecule has 6 heteroatoms. The number of halogens is 1. The van der Waals surface area contributed by atoms with Gasteiger partial charge >= 0.3 is 0 Å². The first-order chi connectivity index (χ1) is 9.69. The van der Waals surface area contributed by atoms with Crippen molar-refractivity contribution in [1.29, 1.82) is 0 Å². The zero-order valence-electron chi connectivity index (χ0n) is 10.7. The van der Waals surface area contributed by atoms with Crippen molar-refractivity contribution in [3.63, 3.8) is 0 Å². The van der Waals surface area contributed by atoms with Crippen molar-refractivity contribution in [3.8, 4) is 0 Å². The Hall–Kier alpha value is -2.01. The fraction of sp³-hybridized carbons (Fsp3) is 0.286. The molecule has 1 aliphatic heterocycles. The first-order valence-electron chi connectivity index (χ1n) is 6.43. The highest BCUT2D eigenvalue weighted by molar-refractivity contribution is 6.35. The highest BCUT2D eigenvalue weighted by Gasteiger charge is 2.32. The van der Waals surface area contributed by atoms with E-state index in [-0.39, 0.29) is 11.9 Å². The van der Waals surface area contributed by atoms with Crippen molar-refractivity contribution >= 4 is 34.8 Å². The molecule has 0 spiro atoms. The van der Waals surface area contributed by atoms with Crippen molar-refractivity contribution in [2.24, 2.45) is 0 Å². The fourth-order valence-corrected chi connectivity index (χ4v) is 2.58. The third-order valence-electron chi connectivity index (χ3n) is 3.66. The molecule has 2 aromatic rings. The molecular weight excluding hydrogens is 278 g/mol. The van der Waals surface area contributed by atoms with Gasteiger partial charge in [0.15, 0.2) is 0 Å². The highest BCUT2D eigenvalue weighted by atomic mass is 35.5. The van der Waals surface area contributed by atoms with Gasteiger partial charge < -0.3 is 15.2 Å². The van der Waals surface area contributed by atoms with Gasteiger partial charge in [0.25, 0.3) is 0 Å². The minimum atomic E-state index is -0.313. The van der Waals surface area contributed by atoms with E-state index in [1.54, 1.807) is 6.20 Å². The van der Waals surface area contributed by atoms with Crippen molar-refractivity contribution in [3.05, 3.63) is 35.0 Å². The lowest BCUT2D eigenvalue weighted by atomic mass is 10.0. The molecule has 0 saturated carbocycles. The average Bonchev–Trinajstić information content (AvgIpc) is 2.77. The van der Waals surface area contributed by atoms with Crippen LogP contribution in [0, 0.1) is 0 Å². The van der Waals surface area contributed by atoms with Crippen LogP contribution >= 0.6 is 11.6 Å². The van der Waals surface area contributed by atoms with E-state index in [0.717, 1.165) is 29.3 Å². The van der Waals surface area contributed by atoms with Crippen LogP contribution < -0.4 is 5.32 Å². The van der Waals surface area contributed by atoms with Crippen LogP contribution in [0.15, 0.2) is 24.4 Å². The van der Waals surface area contributed by atoms with E-state index < -0.39 is 0 Å². The monoisotopic (exact) mass is 291 g/mol. The number of amides is 2. The molecule has 5 nitrogen and oxygen atoms in total. The van der Waals surface area contributed by atoms with E-state index in [0.29, 0.717) is 18.1 Å². The predicted octanol–water partition coefficient (Wildman–Crippen LogP) is 1.67. The molecular formula is C14H14ClN3O2. The Labute approximate surface area is 120 Å². The number of carbonyl (C=O) groups is 2. The second-order valence-corrected chi connectivity index (χ2v) is 5.29. The Morgan fingerprint density at radius 2 is 2.40 bits per heavy atom. The summed E-state index contributed by atoms with van der Waals surface area (Å²) in [5, 5.41) is 4.46. The van der Waals surface area contributed by atoms with E-state index in [4.69, 9.17) is 11.6 Å². The Morgan fingerprint density at radius 3 is 3.10 bits per heavy atom. The topological polar surface area (TPSA) is 65.2 Å². The largest absolute Gasteiger partial charge is 0.360 e. The smallest absolute Gasteiger partial charge is 0.243 e. The van der Waals surface area contributed by atoms with Crippen LogP contribution in [0.4, 0.5) is 0 Å². The standard InChI is InChI=1S/C14H14ClN3O2/c15-11-7-16-12-2-1-9(5-10(11)12)6-17-14(20)13-3-4-18(13)8-19/h1-2,5,7-8,13,16H,3-4,6H2,(H,17,20)/t13-/m0/s1. The van der Waals surface area contributed by atoms with Gasteiger partial charge in [0.1, 0.15) is 6.04 Å². The summed E-state index contributed by atoms with van der Waals surface area (Å²) in [5.41, 5.74) is 1.94. The SMILES string of the molecule is O=CN1CC[C@H]1C(=O)NCc1ccc2[nH]cc(Cl)c2c1. The molecule has 3 rings (SSSR count). The van der Waals surface area contributed by atoms with E-state index >= 15 is 0 Å². The molecule has 1 aromatic carbocycles. The maximum absolute atomic E-state index is 11.9. The van der Waals surface area contributed by atoms with Crippen molar-refractivity contribution in [1.82, 2.24) is 15.2 Å². The van der Waals surface area contributed by atoms with Crippen LogP contribution in [0.3, 0.4) is 0 Å². The summed E-state index contributed by atoms with van der Waals surface area (Å²) < 4.78 is 0.